The van der Waals surface area contributed by atoms with E-state index < -0.39 is 18.5 Å². The van der Waals surface area contributed by atoms with Crippen molar-refractivity contribution in [2.24, 2.45) is 0 Å². The first-order valence-corrected chi connectivity index (χ1v) is 5.06. The first-order chi connectivity index (χ1) is 7.95. The highest BCUT2D eigenvalue weighted by Gasteiger charge is 2.20. The summed E-state index contributed by atoms with van der Waals surface area (Å²) in [5, 5.41) is 11.2. The van der Waals surface area contributed by atoms with Crippen LogP contribution in [0.1, 0.15) is 5.56 Å². The zero-order chi connectivity index (χ0) is 13.0. The highest BCUT2D eigenvalue weighted by Crippen LogP contribution is 2.30. The number of amides is 2. The lowest BCUT2D eigenvalue weighted by atomic mass is 10.3. The van der Waals surface area contributed by atoms with Gasteiger partial charge < -0.3 is 9.64 Å². The summed E-state index contributed by atoms with van der Waals surface area (Å²) < 4.78 is 31.5. The maximum Gasteiger partial charge on any atom is 0.388 e. The van der Waals surface area contributed by atoms with Gasteiger partial charge in [0.1, 0.15) is 11.1 Å². The molecule has 1 aromatic heterocycles. The van der Waals surface area contributed by atoms with E-state index in [1.807, 2.05) is 0 Å². The fraction of sp³-hybridized carbons (Fsp3) is 0.375. The molecule has 9 heteroatoms. The Labute approximate surface area is 99.6 Å². The van der Waals surface area contributed by atoms with Gasteiger partial charge in [0.15, 0.2) is 5.56 Å². The Bertz CT molecular complexity index is 455. The lowest BCUT2D eigenvalue weighted by Crippen LogP contribution is -2.27. The average Bonchev–Trinajstić information content (AvgIpc) is 2.59. The maximum atomic E-state index is 12.0. The van der Waals surface area contributed by atoms with E-state index in [0.29, 0.717) is 11.5 Å². The molecule has 1 N–H and O–H groups in total. The minimum absolute atomic E-state index is 0.0712. The lowest BCUT2D eigenvalue weighted by Gasteiger charge is -2.10. The molecule has 0 bridgehead atoms. The Balaban J connectivity index is 2.91. The van der Waals surface area contributed by atoms with Crippen molar-refractivity contribution in [1.29, 1.82) is 5.26 Å². The van der Waals surface area contributed by atoms with Gasteiger partial charge in [0, 0.05) is 14.1 Å². The third-order valence-corrected chi connectivity index (χ3v) is 2.35. The molecule has 0 unspecified atom stereocenters. The molecule has 0 fully saturated rings. The van der Waals surface area contributed by atoms with Crippen LogP contribution in [0.3, 0.4) is 0 Å². The molecule has 0 aliphatic rings. The average molecular weight is 262 g/mol. The number of halogens is 2. The number of nitrogens with one attached hydrogen (secondary N) is 1. The number of alkyl halides is 2. The molecule has 2 amide bonds. The molecule has 17 heavy (non-hydrogen) atoms. The van der Waals surface area contributed by atoms with Gasteiger partial charge in [-0.05, 0) is 11.5 Å². The number of urea groups is 1. The molecule has 0 atom stereocenters. The number of carbonyl (C=O) groups is 1. The smallest absolute Gasteiger partial charge is 0.388 e. The lowest BCUT2D eigenvalue weighted by molar-refractivity contribution is -0.0523. The highest BCUT2D eigenvalue weighted by molar-refractivity contribution is 7.10. The Morgan fingerprint density at radius 1 is 1.65 bits per heavy atom. The summed E-state index contributed by atoms with van der Waals surface area (Å²) in [7, 11) is 3.00. The number of ether oxygens (including phenoxy) is 1. The second-order valence-corrected chi connectivity index (χ2v) is 3.78. The third kappa shape index (κ3) is 3.25. The van der Waals surface area contributed by atoms with Gasteiger partial charge in [-0.2, -0.15) is 18.4 Å². The molecule has 1 heterocycles. The second kappa shape index (κ2) is 5.40. The zero-order valence-corrected chi connectivity index (χ0v) is 9.72. The van der Waals surface area contributed by atoms with Gasteiger partial charge in [0.25, 0.3) is 5.88 Å². The third-order valence-electron chi connectivity index (χ3n) is 1.60. The molecular formula is C8H8F2N4O2S. The van der Waals surface area contributed by atoms with Crippen molar-refractivity contribution in [3.8, 4) is 11.9 Å². The predicted octanol–water partition coefficient (Wildman–Crippen LogP) is 1.71. The summed E-state index contributed by atoms with van der Waals surface area (Å²) in [5.74, 6) is -0.485. The SMILES string of the molecule is CN(C)C(=O)Nc1snc(OC(F)F)c1C#N. The zero-order valence-electron chi connectivity index (χ0n) is 8.90. The topological polar surface area (TPSA) is 78.2 Å². The minimum atomic E-state index is -3.07. The van der Waals surface area contributed by atoms with Crippen LogP contribution in [0.25, 0.3) is 0 Å². The molecule has 0 spiro atoms. The highest BCUT2D eigenvalue weighted by atomic mass is 32.1. The number of nitriles is 1. The number of carbonyl (C=O) groups excluding carboxylic acids is 1. The Kier molecular flexibility index (Phi) is 4.17. The van der Waals surface area contributed by atoms with Gasteiger partial charge in [-0.3, -0.25) is 5.32 Å². The van der Waals surface area contributed by atoms with Crippen LogP contribution < -0.4 is 10.1 Å². The van der Waals surface area contributed by atoms with Crippen LogP contribution in [-0.4, -0.2) is 36.0 Å². The van der Waals surface area contributed by atoms with E-state index in [4.69, 9.17) is 5.26 Å². The summed E-state index contributed by atoms with van der Waals surface area (Å²) in [6.07, 6.45) is 0. The quantitative estimate of drug-likeness (QED) is 0.899. The molecule has 6 nitrogen and oxygen atoms in total. The number of anilines is 1. The van der Waals surface area contributed by atoms with E-state index in [1.165, 1.54) is 19.0 Å². The van der Waals surface area contributed by atoms with E-state index in [0.717, 1.165) is 0 Å². The van der Waals surface area contributed by atoms with Crippen molar-refractivity contribution in [2.45, 2.75) is 6.61 Å². The molecule has 0 saturated carbocycles. The molecular weight excluding hydrogens is 254 g/mol. The second-order valence-electron chi connectivity index (χ2n) is 3.01. The molecule has 1 aromatic rings. The number of hydrogen-bond acceptors (Lipinski definition) is 5. The fourth-order valence-electron chi connectivity index (χ4n) is 0.833. The first-order valence-electron chi connectivity index (χ1n) is 4.28. The predicted molar refractivity (Wildman–Crippen MR) is 56.2 cm³/mol. The first kappa shape index (κ1) is 13.1. The summed E-state index contributed by atoms with van der Waals surface area (Å²) >= 11 is 0.699. The van der Waals surface area contributed by atoms with E-state index in [2.05, 4.69) is 14.4 Å². The molecule has 92 valence electrons. The standard InChI is InChI=1S/C8H8F2N4O2S/c1-14(2)8(15)12-6-4(3-11)5(13-17-6)16-7(9)10/h7H,1-2H3,(H,12,15). The Morgan fingerprint density at radius 2 is 2.29 bits per heavy atom. The number of hydrogen-bond donors (Lipinski definition) is 1. The molecule has 0 aliphatic carbocycles. The number of aromatic nitrogens is 1. The normalized spacial score (nSPS) is 9.88. The van der Waals surface area contributed by atoms with E-state index in [9.17, 15) is 13.6 Å². The number of nitrogens with zero attached hydrogens (tertiary/aromatic N) is 3. The van der Waals surface area contributed by atoms with Crippen molar-refractivity contribution in [3.63, 3.8) is 0 Å². The van der Waals surface area contributed by atoms with Gasteiger partial charge in [0.2, 0.25) is 0 Å². The van der Waals surface area contributed by atoms with Crippen molar-refractivity contribution < 1.29 is 18.3 Å². The fourth-order valence-corrected chi connectivity index (χ4v) is 1.50. The van der Waals surface area contributed by atoms with Crippen LogP contribution in [0, 0.1) is 11.3 Å². The van der Waals surface area contributed by atoms with Crippen molar-refractivity contribution >= 4 is 22.6 Å². The van der Waals surface area contributed by atoms with Crippen molar-refractivity contribution in [1.82, 2.24) is 9.27 Å². The maximum absolute atomic E-state index is 12.0. The van der Waals surface area contributed by atoms with Gasteiger partial charge >= 0.3 is 12.6 Å². The van der Waals surface area contributed by atoms with Crippen LogP contribution in [0.2, 0.25) is 0 Å². The monoisotopic (exact) mass is 262 g/mol. The van der Waals surface area contributed by atoms with Crippen molar-refractivity contribution in [3.05, 3.63) is 5.56 Å². The summed E-state index contributed by atoms with van der Waals surface area (Å²) in [5.41, 5.74) is -0.217. The Hall–Kier alpha value is -1.95. The van der Waals surface area contributed by atoms with Gasteiger partial charge in [0.05, 0.1) is 0 Å². The Morgan fingerprint density at radius 3 is 2.76 bits per heavy atom. The van der Waals surface area contributed by atoms with Crippen LogP contribution in [0.5, 0.6) is 5.88 Å². The summed E-state index contributed by atoms with van der Waals surface area (Å²) in [6, 6.07) is 1.16. The van der Waals surface area contributed by atoms with Gasteiger partial charge in [-0.15, -0.1) is 0 Å². The minimum Gasteiger partial charge on any atom is -0.414 e. The summed E-state index contributed by atoms with van der Waals surface area (Å²) in [4.78, 5) is 12.5. The van der Waals surface area contributed by atoms with Crippen LogP contribution in [0.4, 0.5) is 18.6 Å². The molecule has 0 radical (unpaired) electrons. The molecule has 0 aromatic carbocycles. The summed E-state index contributed by atoms with van der Waals surface area (Å²) in [6.45, 7) is -3.07. The van der Waals surface area contributed by atoms with Gasteiger partial charge in [-0.25, -0.2) is 4.79 Å². The van der Waals surface area contributed by atoms with E-state index in [1.54, 1.807) is 6.07 Å². The molecule has 1 rings (SSSR count). The van der Waals surface area contributed by atoms with E-state index in [-0.39, 0.29) is 10.6 Å². The van der Waals surface area contributed by atoms with Crippen LogP contribution >= 0.6 is 11.5 Å². The number of rotatable bonds is 3. The van der Waals surface area contributed by atoms with E-state index >= 15 is 0 Å². The van der Waals surface area contributed by atoms with Crippen molar-refractivity contribution in [2.75, 3.05) is 19.4 Å². The largest absolute Gasteiger partial charge is 0.414 e. The molecule has 0 aliphatic heterocycles. The molecule has 0 saturated heterocycles. The van der Waals surface area contributed by atoms with Gasteiger partial charge in [-0.1, -0.05) is 0 Å². The van der Waals surface area contributed by atoms with Crippen LogP contribution in [-0.2, 0) is 0 Å². The van der Waals surface area contributed by atoms with Crippen LogP contribution in [0.15, 0.2) is 0 Å².